The molecule has 2 N–H and O–H groups in total. The number of hydrogen-bond acceptors (Lipinski definition) is 2. The first-order valence-corrected chi connectivity index (χ1v) is 9.37. The Balaban J connectivity index is 0.00000338. The molecule has 0 radical (unpaired) electrons. The number of halogens is 1. The van der Waals surface area contributed by atoms with Crippen LogP contribution in [0.5, 0.6) is 0 Å². The van der Waals surface area contributed by atoms with Gasteiger partial charge in [0.15, 0.2) is 5.96 Å². The summed E-state index contributed by atoms with van der Waals surface area (Å²) < 4.78 is 0. The Labute approximate surface area is 175 Å². The molecular formula is C20H33IN4O. The second-order valence-corrected chi connectivity index (χ2v) is 7.12. The van der Waals surface area contributed by atoms with Crippen LogP contribution >= 0.6 is 24.0 Å². The monoisotopic (exact) mass is 472 g/mol. The lowest BCUT2D eigenvalue weighted by Crippen LogP contribution is -2.48. The van der Waals surface area contributed by atoms with Crippen molar-refractivity contribution in [1.29, 1.82) is 0 Å². The van der Waals surface area contributed by atoms with E-state index in [1.54, 1.807) is 7.05 Å². The molecule has 5 nitrogen and oxygen atoms in total. The summed E-state index contributed by atoms with van der Waals surface area (Å²) in [5.74, 6) is 2.38. The molecule has 1 heterocycles. The maximum atomic E-state index is 11.7. The van der Waals surface area contributed by atoms with Crippen LogP contribution in [0.1, 0.15) is 43.1 Å². The van der Waals surface area contributed by atoms with E-state index in [0.717, 1.165) is 44.1 Å². The van der Waals surface area contributed by atoms with Gasteiger partial charge in [0.25, 0.3) is 5.91 Å². The smallest absolute Gasteiger partial charge is 0.251 e. The van der Waals surface area contributed by atoms with E-state index < -0.39 is 0 Å². The average molecular weight is 472 g/mol. The van der Waals surface area contributed by atoms with E-state index in [1.165, 1.54) is 6.42 Å². The van der Waals surface area contributed by atoms with E-state index in [2.05, 4.69) is 42.4 Å². The fourth-order valence-electron chi connectivity index (χ4n) is 3.57. The van der Waals surface area contributed by atoms with Crippen LogP contribution in [0.3, 0.4) is 0 Å². The summed E-state index contributed by atoms with van der Waals surface area (Å²) in [7, 11) is 1.66. The molecule has 1 amide bonds. The first-order chi connectivity index (χ1) is 12.0. The molecule has 0 aliphatic carbocycles. The van der Waals surface area contributed by atoms with E-state index in [1.807, 2.05) is 18.2 Å². The molecule has 0 saturated carbocycles. The van der Waals surface area contributed by atoms with Crippen LogP contribution in [-0.4, -0.2) is 50.0 Å². The Morgan fingerprint density at radius 1 is 1.27 bits per heavy atom. The third-order valence-electron chi connectivity index (χ3n) is 4.58. The number of aliphatic imine (C=N–C) groups is 1. The predicted octanol–water partition coefficient (Wildman–Crippen LogP) is 3.15. The Bertz CT molecular complexity index is 595. The van der Waals surface area contributed by atoms with Gasteiger partial charge in [0.2, 0.25) is 0 Å². The number of hydrogen-bond donors (Lipinski definition) is 2. The highest BCUT2D eigenvalue weighted by atomic mass is 127. The third kappa shape index (κ3) is 6.78. The van der Waals surface area contributed by atoms with Gasteiger partial charge in [-0.1, -0.05) is 26.0 Å². The standard InChI is InChI=1S/C20H32N4O.HI/c1-5-22-20(24-13-15(2)11-16(3)14-24)23-10-9-17-7-6-8-18(12-17)19(25)21-4;/h6-8,12,15-16H,5,9-11,13-14H2,1-4H3,(H,21,25)(H,22,23);1H. The number of likely N-dealkylation sites (tertiary alicyclic amines) is 1. The number of nitrogens with zero attached hydrogens (tertiary/aromatic N) is 2. The molecule has 1 aliphatic heterocycles. The van der Waals surface area contributed by atoms with Crippen LogP contribution in [-0.2, 0) is 6.42 Å². The zero-order chi connectivity index (χ0) is 18.2. The number of guanidine groups is 1. The van der Waals surface area contributed by atoms with Gasteiger partial charge in [-0.2, -0.15) is 0 Å². The lowest BCUT2D eigenvalue weighted by atomic mass is 9.92. The summed E-state index contributed by atoms with van der Waals surface area (Å²) in [5, 5.41) is 6.10. The van der Waals surface area contributed by atoms with Crippen molar-refractivity contribution in [3.8, 4) is 0 Å². The second kappa shape index (κ2) is 11.4. The lowest BCUT2D eigenvalue weighted by Gasteiger charge is -2.37. The zero-order valence-corrected chi connectivity index (χ0v) is 18.7. The number of rotatable bonds is 5. The molecule has 0 bridgehead atoms. The minimum Gasteiger partial charge on any atom is -0.357 e. The van der Waals surface area contributed by atoms with E-state index in [4.69, 9.17) is 4.99 Å². The minimum absolute atomic E-state index is 0. The van der Waals surface area contributed by atoms with Gasteiger partial charge >= 0.3 is 0 Å². The molecule has 1 saturated heterocycles. The number of amides is 1. The highest BCUT2D eigenvalue weighted by molar-refractivity contribution is 14.0. The Hall–Kier alpha value is -1.31. The number of carbonyl (C=O) groups excluding carboxylic acids is 1. The van der Waals surface area contributed by atoms with Crippen LogP contribution in [0.4, 0.5) is 0 Å². The van der Waals surface area contributed by atoms with Gasteiger partial charge in [-0.3, -0.25) is 9.79 Å². The van der Waals surface area contributed by atoms with Crippen LogP contribution in [0.2, 0.25) is 0 Å². The summed E-state index contributed by atoms with van der Waals surface area (Å²) in [4.78, 5) is 19.0. The largest absolute Gasteiger partial charge is 0.357 e. The van der Waals surface area contributed by atoms with Gasteiger partial charge in [0, 0.05) is 38.8 Å². The van der Waals surface area contributed by atoms with Gasteiger partial charge in [0.05, 0.1) is 0 Å². The Morgan fingerprint density at radius 2 is 1.96 bits per heavy atom. The summed E-state index contributed by atoms with van der Waals surface area (Å²) in [5.41, 5.74) is 1.84. The second-order valence-electron chi connectivity index (χ2n) is 7.12. The molecular weight excluding hydrogens is 439 g/mol. The zero-order valence-electron chi connectivity index (χ0n) is 16.4. The van der Waals surface area contributed by atoms with Crippen molar-refractivity contribution in [1.82, 2.24) is 15.5 Å². The molecule has 2 atom stereocenters. The first-order valence-electron chi connectivity index (χ1n) is 9.37. The summed E-state index contributed by atoms with van der Waals surface area (Å²) >= 11 is 0. The fraction of sp³-hybridized carbons (Fsp3) is 0.600. The normalized spacial score (nSPS) is 20.3. The van der Waals surface area contributed by atoms with E-state index in [0.29, 0.717) is 17.4 Å². The van der Waals surface area contributed by atoms with Gasteiger partial charge in [-0.15, -0.1) is 24.0 Å². The van der Waals surface area contributed by atoms with Crippen molar-refractivity contribution in [3.63, 3.8) is 0 Å². The molecule has 1 aliphatic rings. The maximum absolute atomic E-state index is 11.7. The van der Waals surface area contributed by atoms with Crippen molar-refractivity contribution in [2.24, 2.45) is 16.8 Å². The molecule has 0 spiro atoms. The molecule has 2 rings (SSSR count). The quantitative estimate of drug-likeness (QED) is 0.394. The first kappa shape index (κ1) is 22.7. The SMILES string of the molecule is CCNC(=NCCc1cccc(C(=O)NC)c1)N1CC(C)CC(C)C1.I. The van der Waals surface area contributed by atoms with Crippen LogP contribution < -0.4 is 10.6 Å². The molecule has 1 aromatic carbocycles. The van der Waals surface area contributed by atoms with Crippen molar-refractivity contribution in [3.05, 3.63) is 35.4 Å². The Kier molecular flexibility index (Phi) is 9.98. The van der Waals surface area contributed by atoms with Gasteiger partial charge in [-0.05, 0) is 49.3 Å². The number of carbonyl (C=O) groups is 1. The van der Waals surface area contributed by atoms with Crippen molar-refractivity contribution < 1.29 is 4.79 Å². The number of benzene rings is 1. The van der Waals surface area contributed by atoms with Crippen molar-refractivity contribution in [2.45, 2.75) is 33.6 Å². The summed E-state index contributed by atoms with van der Waals surface area (Å²) in [6.45, 7) is 10.5. The van der Waals surface area contributed by atoms with E-state index in [9.17, 15) is 4.79 Å². The highest BCUT2D eigenvalue weighted by Crippen LogP contribution is 2.20. The summed E-state index contributed by atoms with van der Waals surface area (Å²) in [6, 6.07) is 7.78. The minimum atomic E-state index is -0.0463. The molecule has 1 aromatic rings. The van der Waals surface area contributed by atoms with Crippen LogP contribution in [0.25, 0.3) is 0 Å². The van der Waals surface area contributed by atoms with Crippen LogP contribution in [0, 0.1) is 11.8 Å². The van der Waals surface area contributed by atoms with Crippen molar-refractivity contribution in [2.75, 3.05) is 33.2 Å². The predicted molar refractivity (Wildman–Crippen MR) is 119 cm³/mol. The fourth-order valence-corrected chi connectivity index (χ4v) is 3.57. The van der Waals surface area contributed by atoms with Crippen LogP contribution in [0.15, 0.2) is 29.3 Å². The molecule has 6 heteroatoms. The highest BCUT2D eigenvalue weighted by Gasteiger charge is 2.23. The molecule has 146 valence electrons. The van der Waals surface area contributed by atoms with Gasteiger partial charge < -0.3 is 15.5 Å². The average Bonchev–Trinajstić information content (AvgIpc) is 2.59. The number of nitrogens with one attached hydrogen (secondary N) is 2. The Morgan fingerprint density at radius 3 is 2.58 bits per heavy atom. The number of piperidine rings is 1. The van der Waals surface area contributed by atoms with E-state index in [-0.39, 0.29) is 29.9 Å². The van der Waals surface area contributed by atoms with Crippen molar-refractivity contribution >= 4 is 35.8 Å². The molecule has 2 unspecified atom stereocenters. The molecule has 26 heavy (non-hydrogen) atoms. The van der Waals surface area contributed by atoms with Gasteiger partial charge in [0.1, 0.15) is 0 Å². The van der Waals surface area contributed by atoms with Gasteiger partial charge in [-0.25, -0.2) is 0 Å². The molecule has 1 fully saturated rings. The maximum Gasteiger partial charge on any atom is 0.251 e. The third-order valence-corrected chi connectivity index (χ3v) is 4.58. The van der Waals surface area contributed by atoms with E-state index >= 15 is 0 Å². The lowest BCUT2D eigenvalue weighted by molar-refractivity contribution is 0.0963. The summed E-state index contributed by atoms with van der Waals surface area (Å²) in [6.07, 6.45) is 2.13. The molecule has 0 aromatic heterocycles. The topological polar surface area (TPSA) is 56.7 Å².